The van der Waals surface area contributed by atoms with Gasteiger partial charge in [0, 0.05) is 39.1 Å². The van der Waals surface area contributed by atoms with Gasteiger partial charge < -0.3 is 10.2 Å². The van der Waals surface area contributed by atoms with Gasteiger partial charge in [-0.15, -0.1) is 0 Å². The van der Waals surface area contributed by atoms with E-state index in [9.17, 15) is 4.79 Å². The van der Waals surface area contributed by atoms with Crippen molar-refractivity contribution in [1.82, 2.24) is 10.2 Å². The van der Waals surface area contributed by atoms with Crippen LogP contribution in [0.1, 0.15) is 12.8 Å². The zero-order valence-corrected chi connectivity index (χ0v) is 8.91. The highest BCUT2D eigenvalue weighted by molar-refractivity contribution is 6.00. The average molecular weight is 207 g/mol. The van der Waals surface area contributed by atoms with Gasteiger partial charge in [0.2, 0.25) is 0 Å². The number of ketones is 1. The van der Waals surface area contributed by atoms with Gasteiger partial charge in [0.15, 0.2) is 5.78 Å². The molecule has 1 saturated heterocycles. The Bertz CT molecular complexity index is 290. The Kier molecular flexibility index (Phi) is 3.50. The van der Waals surface area contributed by atoms with E-state index in [0.717, 1.165) is 45.0 Å². The minimum Gasteiger partial charge on any atom is -0.354 e. The topological polar surface area (TPSA) is 44.7 Å². The highest BCUT2D eigenvalue weighted by Crippen LogP contribution is 2.03. The number of carbonyl (C=O) groups is 1. The van der Waals surface area contributed by atoms with Crippen molar-refractivity contribution in [3.63, 3.8) is 0 Å². The minimum atomic E-state index is 0.220. The fourth-order valence-corrected chi connectivity index (χ4v) is 1.85. The average Bonchev–Trinajstić information content (AvgIpc) is 2.25. The molecular weight excluding hydrogens is 190 g/mol. The molecule has 2 rings (SSSR count). The molecule has 4 nitrogen and oxygen atoms in total. The number of amidine groups is 1. The molecule has 15 heavy (non-hydrogen) atoms. The number of hydrogen-bond donors (Lipinski definition) is 1. The summed E-state index contributed by atoms with van der Waals surface area (Å²) < 4.78 is 0. The van der Waals surface area contributed by atoms with Crippen molar-refractivity contribution in [3.8, 4) is 0 Å². The summed E-state index contributed by atoms with van der Waals surface area (Å²) in [6, 6.07) is 0. The third kappa shape index (κ3) is 2.89. The van der Waals surface area contributed by atoms with Gasteiger partial charge in [-0.1, -0.05) is 0 Å². The van der Waals surface area contributed by atoms with Gasteiger partial charge in [0.05, 0.1) is 0 Å². The standard InChI is InChI=1S/C11H17N3O/c15-10-2-1-5-13-11(4-3-10)14-8-6-12-7-9-14/h3-4,12H,1-2,5-9H2/b4-3-,13-11?. The highest BCUT2D eigenvalue weighted by Gasteiger charge is 2.13. The largest absolute Gasteiger partial charge is 0.354 e. The van der Waals surface area contributed by atoms with Crippen molar-refractivity contribution in [2.75, 3.05) is 32.7 Å². The van der Waals surface area contributed by atoms with E-state index < -0.39 is 0 Å². The molecule has 0 aromatic heterocycles. The van der Waals surface area contributed by atoms with Crippen LogP contribution in [0.25, 0.3) is 0 Å². The van der Waals surface area contributed by atoms with Crippen LogP contribution >= 0.6 is 0 Å². The second-order valence-electron chi connectivity index (χ2n) is 3.88. The number of piperazine rings is 1. The number of rotatable bonds is 0. The molecule has 0 atom stereocenters. The molecule has 1 N–H and O–H groups in total. The Balaban J connectivity index is 2.04. The molecule has 0 saturated carbocycles. The van der Waals surface area contributed by atoms with Crippen molar-refractivity contribution in [3.05, 3.63) is 12.2 Å². The Morgan fingerprint density at radius 1 is 1.27 bits per heavy atom. The van der Waals surface area contributed by atoms with Crippen molar-refractivity contribution >= 4 is 11.6 Å². The van der Waals surface area contributed by atoms with Crippen LogP contribution in [-0.2, 0) is 4.79 Å². The first-order valence-corrected chi connectivity index (χ1v) is 5.57. The highest BCUT2D eigenvalue weighted by atomic mass is 16.1. The van der Waals surface area contributed by atoms with Crippen LogP contribution in [0.15, 0.2) is 17.1 Å². The van der Waals surface area contributed by atoms with E-state index in [2.05, 4.69) is 15.2 Å². The van der Waals surface area contributed by atoms with Crippen LogP contribution in [-0.4, -0.2) is 49.2 Å². The second kappa shape index (κ2) is 5.07. The van der Waals surface area contributed by atoms with Crippen molar-refractivity contribution < 1.29 is 4.79 Å². The van der Waals surface area contributed by atoms with Gasteiger partial charge in [-0.2, -0.15) is 0 Å². The summed E-state index contributed by atoms with van der Waals surface area (Å²) in [6.45, 7) is 4.74. The number of hydrogen-bond acceptors (Lipinski definition) is 4. The third-order valence-electron chi connectivity index (χ3n) is 2.71. The van der Waals surface area contributed by atoms with Gasteiger partial charge >= 0.3 is 0 Å². The molecule has 1 fully saturated rings. The van der Waals surface area contributed by atoms with Gasteiger partial charge in [-0.05, 0) is 18.6 Å². The summed E-state index contributed by atoms with van der Waals surface area (Å²) >= 11 is 0. The predicted molar refractivity (Wildman–Crippen MR) is 60.1 cm³/mol. The quantitative estimate of drug-likeness (QED) is 0.617. The van der Waals surface area contributed by atoms with E-state index in [-0.39, 0.29) is 5.78 Å². The first kappa shape index (κ1) is 10.4. The molecule has 0 unspecified atom stereocenters. The maximum atomic E-state index is 11.3. The van der Waals surface area contributed by atoms with Gasteiger partial charge in [-0.25, -0.2) is 0 Å². The molecule has 0 spiro atoms. The van der Waals surface area contributed by atoms with E-state index in [1.807, 2.05) is 6.08 Å². The maximum Gasteiger partial charge on any atom is 0.155 e. The minimum absolute atomic E-state index is 0.220. The number of nitrogens with one attached hydrogen (secondary N) is 1. The van der Waals surface area contributed by atoms with Crippen molar-refractivity contribution in [2.45, 2.75) is 12.8 Å². The number of carbonyl (C=O) groups excluding carboxylic acids is 1. The van der Waals surface area contributed by atoms with Gasteiger partial charge in [0.25, 0.3) is 0 Å². The van der Waals surface area contributed by atoms with E-state index in [1.54, 1.807) is 6.08 Å². The lowest BCUT2D eigenvalue weighted by molar-refractivity contribution is -0.114. The summed E-state index contributed by atoms with van der Waals surface area (Å²) in [7, 11) is 0. The van der Waals surface area contributed by atoms with Crippen LogP contribution in [0.4, 0.5) is 0 Å². The van der Waals surface area contributed by atoms with Crippen LogP contribution in [0.2, 0.25) is 0 Å². The van der Waals surface area contributed by atoms with E-state index in [0.29, 0.717) is 6.42 Å². The Morgan fingerprint density at radius 3 is 2.87 bits per heavy atom. The molecule has 2 heterocycles. The Hall–Kier alpha value is -1.16. The summed E-state index contributed by atoms with van der Waals surface area (Å²) in [4.78, 5) is 18.1. The lowest BCUT2D eigenvalue weighted by atomic mass is 10.2. The molecule has 2 aliphatic rings. The molecule has 0 aromatic carbocycles. The fraction of sp³-hybridized carbons (Fsp3) is 0.636. The molecule has 2 aliphatic heterocycles. The SMILES string of the molecule is O=C1/C=C\C(N2CCNCC2)=NCCC1. The second-order valence-corrected chi connectivity index (χ2v) is 3.88. The van der Waals surface area contributed by atoms with Gasteiger partial charge in [-0.3, -0.25) is 9.79 Å². The summed E-state index contributed by atoms with van der Waals surface area (Å²) in [5.74, 6) is 1.20. The molecule has 4 heteroatoms. The Labute approximate surface area is 90.1 Å². The lowest BCUT2D eigenvalue weighted by Gasteiger charge is -2.29. The van der Waals surface area contributed by atoms with Crippen LogP contribution in [0.3, 0.4) is 0 Å². The smallest absolute Gasteiger partial charge is 0.155 e. The Morgan fingerprint density at radius 2 is 2.07 bits per heavy atom. The molecule has 0 amide bonds. The molecule has 0 aliphatic carbocycles. The first-order chi connectivity index (χ1) is 7.36. The first-order valence-electron chi connectivity index (χ1n) is 5.57. The molecule has 0 radical (unpaired) electrons. The third-order valence-corrected chi connectivity index (χ3v) is 2.71. The van der Waals surface area contributed by atoms with E-state index in [1.165, 1.54) is 0 Å². The van der Waals surface area contributed by atoms with Crippen LogP contribution in [0, 0.1) is 0 Å². The predicted octanol–water partition coefficient (Wildman–Crippen LogP) is 0.209. The maximum absolute atomic E-state index is 11.3. The molecule has 0 bridgehead atoms. The number of nitrogens with zero attached hydrogens (tertiary/aromatic N) is 2. The zero-order valence-electron chi connectivity index (χ0n) is 8.91. The fourth-order valence-electron chi connectivity index (χ4n) is 1.85. The molecule has 82 valence electrons. The monoisotopic (exact) mass is 207 g/mol. The van der Waals surface area contributed by atoms with Gasteiger partial charge in [0.1, 0.15) is 5.84 Å². The van der Waals surface area contributed by atoms with Crippen molar-refractivity contribution in [2.24, 2.45) is 4.99 Å². The lowest BCUT2D eigenvalue weighted by Crippen LogP contribution is -2.46. The normalized spacial score (nSPS) is 25.5. The van der Waals surface area contributed by atoms with Crippen LogP contribution in [0.5, 0.6) is 0 Å². The zero-order chi connectivity index (χ0) is 10.5. The summed E-state index contributed by atoms with van der Waals surface area (Å²) in [6.07, 6.45) is 5.04. The number of allylic oxidation sites excluding steroid dienone is 1. The summed E-state index contributed by atoms with van der Waals surface area (Å²) in [5, 5.41) is 3.30. The van der Waals surface area contributed by atoms with Crippen molar-refractivity contribution in [1.29, 1.82) is 0 Å². The molecule has 0 aromatic rings. The molecular formula is C11H17N3O. The summed E-state index contributed by atoms with van der Waals surface area (Å²) in [5.41, 5.74) is 0. The van der Waals surface area contributed by atoms with E-state index >= 15 is 0 Å². The van der Waals surface area contributed by atoms with E-state index in [4.69, 9.17) is 0 Å². The number of aliphatic imine (C=N–C) groups is 1. The van der Waals surface area contributed by atoms with Crippen LogP contribution < -0.4 is 5.32 Å².